The van der Waals surface area contributed by atoms with Crippen molar-refractivity contribution in [3.05, 3.63) is 34.9 Å². The minimum absolute atomic E-state index is 0.0771. The Morgan fingerprint density at radius 1 is 1.09 bits per heavy atom. The van der Waals surface area contributed by atoms with Crippen LogP contribution in [0.3, 0.4) is 0 Å². The molecule has 0 N–H and O–H groups in total. The molecular formula is C20H26F2O. The third kappa shape index (κ3) is 3.15. The van der Waals surface area contributed by atoms with Crippen LogP contribution >= 0.6 is 0 Å². The Morgan fingerprint density at radius 2 is 1.87 bits per heavy atom. The smallest absolute Gasteiger partial charge is 0.201 e. The molecule has 1 aliphatic heterocycles. The van der Waals surface area contributed by atoms with Crippen molar-refractivity contribution in [2.24, 2.45) is 0 Å². The fourth-order valence-corrected chi connectivity index (χ4v) is 4.19. The maximum Gasteiger partial charge on any atom is 0.201 e. The van der Waals surface area contributed by atoms with Crippen LogP contribution in [0.5, 0.6) is 5.75 Å². The number of fused-ring (bicyclic) bond motifs is 1. The average Bonchev–Trinajstić information content (AvgIpc) is 2.59. The summed E-state index contributed by atoms with van der Waals surface area (Å²) >= 11 is 0. The first-order valence-corrected chi connectivity index (χ1v) is 9.00. The van der Waals surface area contributed by atoms with Gasteiger partial charge in [0.25, 0.3) is 0 Å². The molecule has 3 rings (SSSR count). The lowest BCUT2D eigenvalue weighted by Crippen LogP contribution is -2.31. The predicted octanol–water partition coefficient (Wildman–Crippen LogP) is 6.15. The van der Waals surface area contributed by atoms with E-state index < -0.39 is 11.6 Å². The van der Waals surface area contributed by atoms with E-state index in [1.807, 2.05) is 18.2 Å². The summed E-state index contributed by atoms with van der Waals surface area (Å²) in [5, 5.41) is 0. The molecule has 1 fully saturated rings. The number of unbranched alkanes of at least 4 members (excludes halogenated alkanes) is 2. The van der Waals surface area contributed by atoms with E-state index in [0.29, 0.717) is 17.7 Å². The van der Waals surface area contributed by atoms with Crippen molar-refractivity contribution >= 4 is 6.08 Å². The fraction of sp³-hybridized carbons (Fsp3) is 0.600. The van der Waals surface area contributed by atoms with Gasteiger partial charge in [-0.25, -0.2) is 4.39 Å². The zero-order valence-corrected chi connectivity index (χ0v) is 14.0. The molecule has 0 unspecified atom stereocenters. The normalized spacial score (nSPS) is 19.3. The summed E-state index contributed by atoms with van der Waals surface area (Å²) in [6.07, 6.45) is 13.4. The molecular weight excluding hydrogens is 294 g/mol. The zero-order chi connectivity index (χ0) is 16.3. The van der Waals surface area contributed by atoms with E-state index >= 15 is 0 Å². The Bertz CT molecular complexity index is 586. The van der Waals surface area contributed by atoms with Crippen LogP contribution in [0.2, 0.25) is 0 Å². The predicted molar refractivity (Wildman–Crippen MR) is 89.8 cm³/mol. The van der Waals surface area contributed by atoms with Crippen molar-refractivity contribution in [3.8, 4) is 5.75 Å². The SMILES string of the molecule is CCCCCC1(c2cc3c(c(F)c2F)OCC=C3)CCCCC1. The molecule has 0 radical (unpaired) electrons. The highest BCUT2D eigenvalue weighted by molar-refractivity contribution is 5.62. The monoisotopic (exact) mass is 320 g/mol. The van der Waals surface area contributed by atoms with Gasteiger partial charge in [0.1, 0.15) is 6.61 Å². The molecule has 1 aliphatic carbocycles. The second-order valence-corrected chi connectivity index (χ2v) is 6.98. The van der Waals surface area contributed by atoms with Crippen LogP contribution in [0, 0.1) is 11.6 Å². The van der Waals surface area contributed by atoms with Gasteiger partial charge in [-0.1, -0.05) is 51.5 Å². The van der Waals surface area contributed by atoms with Crippen molar-refractivity contribution in [2.75, 3.05) is 6.61 Å². The molecule has 1 nitrogen and oxygen atoms in total. The van der Waals surface area contributed by atoms with Crippen molar-refractivity contribution in [2.45, 2.75) is 70.1 Å². The highest BCUT2D eigenvalue weighted by atomic mass is 19.2. The van der Waals surface area contributed by atoms with Crippen LogP contribution in [0.15, 0.2) is 12.1 Å². The quantitative estimate of drug-likeness (QED) is 0.591. The van der Waals surface area contributed by atoms with Crippen LogP contribution < -0.4 is 4.74 Å². The van der Waals surface area contributed by atoms with Crippen LogP contribution in [0.25, 0.3) is 6.08 Å². The highest BCUT2D eigenvalue weighted by Crippen LogP contribution is 2.46. The van der Waals surface area contributed by atoms with Gasteiger partial charge in [0, 0.05) is 5.56 Å². The zero-order valence-electron chi connectivity index (χ0n) is 14.0. The Hall–Kier alpha value is -1.38. The van der Waals surface area contributed by atoms with Gasteiger partial charge in [0.15, 0.2) is 11.6 Å². The maximum atomic E-state index is 14.8. The lowest BCUT2D eigenvalue weighted by molar-refractivity contribution is 0.252. The largest absolute Gasteiger partial charge is 0.486 e. The Morgan fingerprint density at radius 3 is 2.61 bits per heavy atom. The first-order valence-electron chi connectivity index (χ1n) is 9.00. The van der Waals surface area contributed by atoms with Crippen molar-refractivity contribution < 1.29 is 13.5 Å². The number of hydrogen-bond donors (Lipinski definition) is 0. The van der Waals surface area contributed by atoms with E-state index in [0.717, 1.165) is 51.4 Å². The van der Waals surface area contributed by atoms with Crippen LogP contribution in [-0.4, -0.2) is 6.61 Å². The number of benzene rings is 1. The third-order valence-electron chi connectivity index (χ3n) is 5.45. The molecule has 1 heterocycles. The second kappa shape index (κ2) is 7.02. The molecule has 0 amide bonds. The summed E-state index contributed by atoms with van der Waals surface area (Å²) in [7, 11) is 0. The van der Waals surface area contributed by atoms with Crippen LogP contribution in [0.4, 0.5) is 8.78 Å². The average molecular weight is 320 g/mol. The van der Waals surface area contributed by atoms with Crippen molar-refractivity contribution in [3.63, 3.8) is 0 Å². The van der Waals surface area contributed by atoms with E-state index in [4.69, 9.17) is 4.74 Å². The minimum atomic E-state index is -0.803. The lowest BCUT2D eigenvalue weighted by atomic mass is 9.66. The summed E-state index contributed by atoms with van der Waals surface area (Å²) in [5.74, 6) is -1.41. The summed E-state index contributed by atoms with van der Waals surface area (Å²) in [5.41, 5.74) is 1.07. The third-order valence-corrected chi connectivity index (χ3v) is 5.45. The van der Waals surface area contributed by atoms with E-state index in [-0.39, 0.29) is 11.2 Å². The van der Waals surface area contributed by atoms with Gasteiger partial charge in [-0.3, -0.25) is 0 Å². The Balaban J connectivity index is 2.02. The van der Waals surface area contributed by atoms with E-state index in [1.165, 1.54) is 6.42 Å². The molecule has 1 aromatic rings. The molecule has 0 spiro atoms. The number of ether oxygens (including phenoxy) is 1. The summed E-state index contributed by atoms with van der Waals surface area (Å²) in [6, 6.07) is 1.85. The van der Waals surface area contributed by atoms with Crippen molar-refractivity contribution in [1.29, 1.82) is 0 Å². The Labute approximate surface area is 137 Å². The molecule has 1 saturated carbocycles. The molecule has 0 atom stereocenters. The fourth-order valence-electron chi connectivity index (χ4n) is 4.19. The summed E-state index contributed by atoms with van der Waals surface area (Å²) < 4.78 is 34.7. The minimum Gasteiger partial charge on any atom is -0.486 e. The Kier molecular flexibility index (Phi) is 5.03. The van der Waals surface area contributed by atoms with Crippen LogP contribution in [0.1, 0.15) is 75.8 Å². The number of rotatable bonds is 5. The lowest BCUT2D eigenvalue weighted by Gasteiger charge is -2.39. The maximum absolute atomic E-state index is 14.8. The van der Waals surface area contributed by atoms with Gasteiger partial charge >= 0.3 is 0 Å². The van der Waals surface area contributed by atoms with E-state index in [9.17, 15) is 8.78 Å². The number of halogens is 2. The van der Waals surface area contributed by atoms with Gasteiger partial charge in [-0.05, 0) is 42.4 Å². The van der Waals surface area contributed by atoms with Gasteiger partial charge in [0.2, 0.25) is 5.82 Å². The molecule has 126 valence electrons. The van der Waals surface area contributed by atoms with Crippen LogP contribution in [-0.2, 0) is 5.41 Å². The number of hydrogen-bond acceptors (Lipinski definition) is 1. The molecule has 23 heavy (non-hydrogen) atoms. The summed E-state index contributed by atoms with van der Waals surface area (Å²) in [6.45, 7) is 2.49. The summed E-state index contributed by atoms with van der Waals surface area (Å²) in [4.78, 5) is 0. The van der Waals surface area contributed by atoms with Gasteiger partial charge in [-0.15, -0.1) is 0 Å². The molecule has 0 saturated heterocycles. The molecule has 0 aromatic heterocycles. The molecule has 3 heteroatoms. The highest BCUT2D eigenvalue weighted by Gasteiger charge is 2.37. The molecule has 1 aromatic carbocycles. The second-order valence-electron chi connectivity index (χ2n) is 6.98. The first kappa shape index (κ1) is 16.5. The standard InChI is InChI=1S/C20H26F2O/c1-2-3-5-10-20(11-6-4-7-12-20)16-14-15-9-8-13-23-19(15)18(22)17(16)21/h8-9,14H,2-7,10-13H2,1H3. The van der Waals surface area contributed by atoms with Gasteiger partial charge in [0.05, 0.1) is 0 Å². The molecule has 2 aliphatic rings. The first-order chi connectivity index (χ1) is 11.2. The van der Waals surface area contributed by atoms with Crippen molar-refractivity contribution in [1.82, 2.24) is 0 Å². The molecule has 0 bridgehead atoms. The van der Waals surface area contributed by atoms with Gasteiger partial charge < -0.3 is 4.74 Å². The van der Waals surface area contributed by atoms with E-state index in [2.05, 4.69) is 6.92 Å². The topological polar surface area (TPSA) is 9.23 Å². The van der Waals surface area contributed by atoms with E-state index in [1.54, 1.807) is 0 Å². The van der Waals surface area contributed by atoms with Gasteiger partial charge in [-0.2, -0.15) is 4.39 Å².